The van der Waals surface area contributed by atoms with E-state index in [4.69, 9.17) is 16.9 Å². The van der Waals surface area contributed by atoms with Crippen LogP contribution in [0.2, 0.25) is 5.02 Å². The Morgan fingerprint density at radius 2 is 2.29 bits per heavy atom. The zero-order valence-electron chi connectivity index (χ0n) is 6.85. The number of nitrogens with one attached hydrogen (secondary N) is 1. The Morgan fingerprint density at radius 3 is 2.79 bits per heavy atom. The third-order valence-electron chi connectivity index (χ3n) is 1.60. The number of rotatable bonds is 2. The third kappa shape index (κ3) is 2.09. The number of hydrogen-bond donors (Lipinski definition) is 1. The third-order valence-corrected chi connectivity index (χ3v) is 1.88. The highest BCUT2D eigenvalue weighted by Gasteiger charge is 2.15. The number of aromatic nitrogens is 1. The van der Waals surface area contributed by atoms with E-state index in [1.165, 1.54) is 0 Å². The number of hydrogen-bond acceptors (Lipinski definition) is 2. The summed E-state index contributed by atoms with van der Waals surface area (Å²) < 4.78 is 24.7. The average molecular weight is 219 g/mol. The van der Waals surface area contributed by atoms with E-state index in [0.29, 0.717) is 0 Å². The molecule has 1 heterocycles. The van der Waals surface area contributed by atoms with Gasteiger partial charge in [0.25, 0.3) is 12.0 Å². The molecule has 0 aliphatic heterocycles. The van der Waals surface area contributed by atoms with E-state index in [1.807, 2.05) is 4.98 Å². The molecular formula is C8H5ClF2N2O. The highest BCUT2D eigenvalue weighted by Crippen LogP contribution is 2.21. The predicted molar refractivity (Wildman–Crippen MR) is 46.3 cm³/mol. The van der Waals surface area contributed by atoms with Crippen molar-refractivity contribution in [3.63, 3.8) is 0 Å². The van der Waals surface area contributed by atoms with Gasteiger partial charge in [-0.1, -0.05) is 11.6 Å². The SMILES string of the molecule is N#CCc1cc(Cl)c(=O)[nH]c1C(F)F. The lowest BCUT2D eigenvalue weighted by atomic mass is 10.1. The van der Waals surface area contributed by atoms with Crippen LogP contribution in [0.3, 0.4) is 0 Å². The number of nitriles is 1. The minimum atomic E-state index is -2.82. The van der Waals surface area contributed by atoms with Crippen LogP contribution in [0.25, 0.3) is 0 Å². The summed E-state index contributed by atoms with van der Waals surface area (Å²) in [6.07, 6.45) is -3.03. The van der Waals surface area contributed by atoms with Gasteiger partial charge in [-0.15, -0.1) is 0 Å². The van der Waals surface area contributed by atoms with Gasteiger partial charge < -0.3 is 4.98 Å². The van der Waals surface area contributed by atoms with E-state index in [2.05, 4.69) is 0 Å². The monoisotopic (exact) mass is 218 g/mol. The van der Waals surface area contributed by atoms with Crippen molar-refractivity contribution in [2.24, 2.45) is 0 Å². The second kappa shape index (κ2) is 4.20. The largest absolute Gasteiger partial charge is 0.320 e. The minimum Gasteiger partial charge on any atom is -0.320 e. The summed E-state index contributed by atoms with van der Waals surface area (Å²) in [7, 11) is 0. The maximum atomic E-state index is 12.3. The number of pyridine rings is 1. The van der Waals surface area contributed by atoms with Crippen molar-refractivity contribution in [3.05, 3.63) is 32.7 Å². The lowest BCUT2D eigenvalue weighted by Crippen LogP contribution is -2.12. The summed E-state index contributed by atoms with van der Waals surface area (Å²) in [4.78, 5) is 12.8. The molecule has 0 aromatic carbocycles. The summed E-state index contributed by atoms with van der Waals surface area (Å²) in [5, 5.41) is 8.16. The number of nitrogens with zero attached hydrogens (tertiary/aromatic N) is 1. The molecule has 1 N–H and O–H groups in total. The van der Waals surface area contributed by atoms with E-state index in [-0.39, 0.29) is 17.0 Å². The topological polar surface area (TPSA) is 56.6 Å². The lowest BCUT2D eigenvalue weighted by molar-refractivity contribution is 0.144. The molecule has 0 bridgehead atoms. The highest BCUT2D eigenvalue weighted by molar-refractivity contribution is 6.30. The zero-order valence-corrected chi connectivity index (χ0v) is 7.61. The van der Waals surface area contributed by atoms with Crippen LogP contribution < -0.4 is 5.56 Å². The fraction of sp³-hybridized carbons (Fsp3) is 0.250. The van der Waals surface area contributed by atoms with Gasteiger partial charge in [-0.2, -0.15) is 5.26 Å². The van der Waals surface area contributed by atoms with E-state index in [1.54, 1.807) is 6.07 Å². The molecule has 0 spiro atoms. The van der Waals surface area contributed by atoms with Gasteiger partial charge in [0.05, 0.1) is 18.2 Å². The van der Waals surface area contributed by atoms with Crippen LogP contribution in [0.4, 0.5) is 8.78 Å². The molecule has 1 aromatic heterocycles. The molecule has 14 heavy (non-hydrogen) atoms. The molecule has 0 unspecified atom stereocenters. The molecule has 0 aliphatic rings. The Labute approximate surface area is 82.9 Å². The van der Waals surface area contributed by atoms with Gasteiger partial charge in [-0.05, 0) is 11.6 Å². The van der Waals surface area contributed by atoms with Crippen molar-refractivity contribution in [1.82, 2.24) is 4.98 Å². The Balaban J connectivity index is 3.33. The van der Waals surface area contributed by atoms with Gasteiger partial charge >= 0.3 is 0 Å². The first-order valence-electron chi connectivity index (χ1n) is 3.63. The van der Waals surface area contributed by atoms with Crippen molar-refractivity contribution in [1.29, 1.82) is 5.26 Å². The van der Waals surface area contributed by atoms with Crippen LogP contribution in [0.15, 0.2) is 10.9 Å². The van der Waals surface area contributed by atoms with Gasteiger partial charge in [-0.25, -0.2) is 8.78 Å². The number of halogens is 3. The van der Waals surface area contributed by atoms with Crippen LogP contribution in [0.1, 0.15) is 17.7 Å². The quantitative estimate of drug-likeness (QED) is 0.826. The summed E-state index contributed by atoms with van der Waals surface area (Å²) in [5.41, 5.74) is -1.27. The van der Waals surface area contributed by atoms with E-state index < -0.39 is 17.7 Å². The lowest BCUT2D eigenvalue weighted by Gasteiger charge is -2.05. The number of alkyl halides is 2. The molecule has 6 heteroatoms. The maximum Gasteiger partial charge on any atom is 0.278 e. The van der Waals surface area contributed by atoms with Crippen LogP contribution >= 0.6 is 11.6 Å². The molecule has 0 radical (unpaired) electrons. The van der Waals surface area contributed by atoms with E-state index in [9.17, 15) is 13.6 Å². The van der Waals surface area contributed by atoms with Gasteiger partial charge in [0.1, 0.15) is 5.02 Å². The molecular weight excluding hydrogens is 214 g/mol. The van der Waals surface area contributed by atoms with Crippen molar-refractivity contribution in [2.75, 3.05) is 0 Å². The second-order valence-corrected chi connectivity index (χ2v) is 2.93. The molecule has 0 saturated heterocycles. The van der Waals surface area contributed by atoms with Crippen molar-refractivity contribution in [2.45, 2.75) is 12.8 Å². The molecule has 0 atom stereocenters. The van der Waals surface area contributed by atoms with Gasteiger partial charge in [0.2, 0.25) is 0 Å². The molecule has 3 nitrogen and oxygen atoms in total. The Bertz CT molecular complexity index is 436. The summed E-state index contributed by atoms with van der Waals surface area (Å²) >= 11 is 5.43. The molecule has 74 valence electrons. The van der Waals surface area contributed by atoms with Crippen molar-refractivity contribution in [3.8, 4) is 6.07 Å². The number of aromatic amines is 1. The van der Waals surface area contributed by atoms with Crippen LogP contribution in [0, 0.1) is 11.3 Å². The smallest absolute Gasteiger partial charge is 0.278 e. The van der Waals surface area contributed by atoms with Crippen molar-refractivity contribution >= 4 is 11.6 Å². The Kier molecular flexibility index (Phi) is 3.20. The molecule has 0 amide bonds. The van der Waals surface area contributed by atoms with Crippen LogP contribution in [-0.4, -0.2) is 4.98 Å². The normalized spacial score (nSPS) is 10.2. The highest BCUT2D eigenvalue weighted by atomic mass is 35.5. The predicted octanol–water partition coefficient (Wildman–Crippen LogP) is 2.03. The van der Waals surface area contributed by atoms with Crippen LogP contribution in [0.5, 0.6) is 0 Å². The molecule has 0 aliphatic carbocycles. The molecule has 0 fully saturated rings. The first kappa shape index (κ1) is 10.7. The average Bonchev–Trinajstić information content (AvgIpc) is 2.11. The van der Waals surface area contributed by atoms with Gasteiger partial charge in [0, 0.05) is 0 Å². The van der Waals surface area contributed by atoms with Crippen LogP contribution in [-0.2, 0) is 6.42 Å². The zero-order chi connectivity index (χ0) is 10.7. The second-order valence-electron chi connectivity index (χ2n) is 2.52. The fourth-order valence-corrected chi connectivity index (χ4v) is 1.16. The summed E-state index contributed by atoms with van der Waals surface area (Å²) in [5.74, 6) is 0. The standard InChI is InChI=1S/C8H5ClF2N2O/c9-5-3-4(1-2-12)6(7(10)11)13-8(5)14/h3,7H,1H2,(H,13,14). The molecule has 1 rings (SSSR count). The first-order valence-corrected chi connectivity index (χ1v) is 4.00. The van der Waals surface area contributed by atoms with E-state index in [0.717, 1.165) is 6.07 Å². The van der Waals surface area contributed by atoms with Gasteiger partial charge in [0.15, 0.2) is 0 Å². The Morgan fingerprint density at radius 1 is 1.64 bits per heavy atom. The Hall–Kier alpha value is -1.41. The maximum absolute atomic E-state index is 12.3. The summed E-state index contributed by atoms with van der Waals surface area (Å²) in [6, 6.07) is 2.80. The van der Waals surface area contributed by atoms with E-state index >= 15 is 0 Å². The summed E-state index contributed by atoms with van der Waals surface area (Å²) in [6.45, 7) is 0. The number of H-pyrrole nitrogens is 1. The van der Waals surface area contributed by atoms with Gasteiger partial charge in [-0.3, -0.25) is 4.79 Å². The molecule has 0 saturated carbocycles. The fourth-order valence-electron chi connectivity index (χ4n) is 0.985. The van der Waals surface area contributed by atoms with Crippen molar-refractivity contribution < 1.29 is 8.78 Å². The minimum absolute atomic E-state index is 0.0482. The first-order chi connectivity index (χ1) is 6.56. The molecule has 1 aromatic rings.